The molecule has 0 atom stereocenters. The van der Waals surface area contributed by atoms with Crippen molar-refractivity contribution in [3.63, 3.8) is 0 Å². The molecule has 0 aliphatic heterocycles. The summed E-state index contributed by atoms with van der Waals surface area (Å²) in [7, 11) is 0. The number of ether oxygens (including phenoxy) is 4. The summed E-state index contributed by atoms with van der Waals surface area (Å²) < 4.78 is 50.8. The highest BCUT2D eigenvalue weighted by atomic mass is 19.1. The highest BCUT2D eigenvalue weighted by molar-refractivity contribution is 5.47. The van der Waals surface area contributed by atoms with Crippen LogP contribution in [0, 0.1) is 11.6 Å². The lowest BCUT2D eigenvalue weighted by molar-refractivity contribution is 0.444. The molecular weight excluding hydrogens is 486 g/mol. The Balaban J connectivity index is 1.32. The van der Waals surface area contributed by atoms with Crippen molar-refractivity contribution in [3.8, 4) is 46.0 Å². The summed E-state index contributed by atoms with van der Waals surface area (Å²) in [5.74, 6) is 3.43. The summed E-state index contributed by atoms with van der Waals surface area (Å²) in [5.41, 5.74) is 0.997. The van der Waals surface area contributed by atoms with Crippen molar-refractivity contribution in [2.24, 2.45) is 0 Å². The van der Waals surface area contributed by atoms with Crippen LogP contribution in [-0.2, 0) is 6.42 Å². The second-order valence-corrected chi connectivity index (χ2v) is 8.40. The van der Waals surface area contributed by atoms with Crippen LogP contribution in [0.4, 0.5) is 8.78 Å². The molecule has 0 heterocycles. The first-order chi connectivity index (χ1) is 18.5. The molecule has 38 heavy (non-hydrogen) atoms. The molecule has 0 spiro atoms. The Labute approximate surface area is 219 Å². The number of hydrogen-bond acceptors (Lipinski definition) is 4. The van der Waals surface area contributed by atoms with E-state index in [1.54, 1.807) is 66.7 Å². The smallest absolute Gasteiger partial charge is 0.134 e. The van der Waals surface area contributed by atoms with Crippen molar-refractivity contribution in [3.05, 3.63) is 132 Å². The monoisotopic (exact) mass is 510 g/mol. The minimum atomic E-state index is -0.371. The van der Waals surface area contributed by atoms with Crippen molar-refractivity contribution in [2.75, 3.05) is 0 Å². The van der Waals surface area contributed by atoms with Gasteiger partial charge >= 0.3 is 0 Å². The van der Waals surface area contributed by atoms with Crippen LogP contribution < -0.4 is 18.9 Å². The molecule has 0 aromatic heterocycles. The minimum Gasteiger partial charge on any atom is -0.457 e. The highest BCUT2D eigenvalue weighted by Crippen LogP contribution is 2.35. The summed E-state index contributed by atoms with van der Waals surface area (Å²) in [4.78, 5) is 0. The molecule has 5 rings (SSSR count). The van der Waals surface area contributed by atoms with Crippen LogP contribution in [0.3, 0.4) is 0 Å². The van der Waals surface area contributed by atoms with Crippen molar-refractivity contribution >= 4 is 0 Å². The minimum absolute atomic E-state index is 0.370. The zero-order valence-electron chi connectivity index (χ0n) is 20.6. The quantitative estimate of drug-likeness (QED) is 0.198. The van der Waals surface area contributed by atoms with E-state index in [0.717, 1.165) is 12.0 Å². The zero-order valence-corrected chi connectivity index (χ0v) is 20.6. The Kier molecular flexibility index (Phi) is 7.50. The maximum atomic E-state index is 13.5. The largest absolute Gasteiger partial charge is 0.457 e. The SMILES string of the molecule is CCc1ccc(Oc2cccc(Oc3cccc(F)c3)c2)cc1Oc1cccc(Oc2cccc(F)c2)c1. The molecule has 0 radical (unpaired) electrons. The number of halogens is 2. The highest BCUT2D eigenvalue weighted by Gasteiger charge is 2.10. The van der Waals surface area contributed by atoms with E-state index < -0.39 is 0 Å². The van der Waals surface area contributed by atoms with Crippen LogP contribution in [0.1, 0.15) is 12.5 Å². The van der Waals surface area contributed by atoms with E-state index in [9.17, 15) is 8.78 Å². The lowest BCUT2D eigenvalue weighted by atomic mass is 10.1. The molecule has 4 nitrogen and oxygen atoms in total. The first-order valence-corrected chi connectivity index (χ1v) is 12.1. The third-order valence-corrected chi connectivity index (χ3v) is 5.56. The summed E-state index contributed by atoms with van der Waals surface area (Å²) in [6, 6.07) is 31.8. The topological polar surface area (TPSA) is 36.9 Å². The predicted molar refractivity (Wildman–Crippen MR) is 142 cm³/mol. The lowest BCUT2D eigenvalue weighted by Crippen LogP contribution is -1.93. The third kappa shape index (κ3) is 6.48. The van der Waals surface area contributed by atoms with E-state index >= 15 is 0 Å². The average Bonchev–Trinajstić information content (AvgIpc) is 2.89. The molecule has 0 aliphatic carbocycles. The summed E-state index contributed by atoms with van der Waals surface area (Å²) in [5, 5.41) is 0. The van der Waals surface area contributed by atoms with Gasteiger partial charge in [0.25, 0.3) is 0 Å². The molecule has 0 fully saturated rings. The Bertz CT molecular complexity index is 1550. The van der Waals surface area contributed by atoms with E-state index in [2.05, 4.69) is 0 Å². The first-order valence-electron chi connectivity index (χ1n) is 12.1. The molecule has 190 valence electrons. The second-order valence-electron chi connectivity index (χ2n) is 8.40. The maximum Gasteiger partial charge on any atom is 0.134 e. The number of hydrogen-bond donors (Lipinski definition) is 0. The van der Waals surface area contributed by atoms with Crippen molar-refractivity contribution in [1.82, 2.24) is 0 Å². The van der Waals surface area contributed by atoms with Gasteiger partial charge < -0.3 is 18.9 Å². The van der Waals surface area contributed by atoms with Crippen molar-refractivity contribution in [2.45, 2.75) is 13.3 Å². The van der Waals surface area contributed by atoms with Gasteiger partial charge in [0.05, 0.1) is 0 Å². The van der Waals surface area contributed by atoms with Gasteiger partial charge in [-0.2, -0.15) is 0 Å². The van der Waals surface area contributed by atoms with Crippen molar-refractivity contribution in [1.29, 1.82) is 0 Å². The first kappa shape index (κ1) is 24.8. The molecule has 5 aromatic carbocycles. The van der Waals surface area contributed by atoms with Crippen LogP contribution in [0.15, 0.2) is 115 Å². The van der Waals surface area contributed by atoms with Gasteiger partial charge in [-0.25, -0.2) is 8.78 Å². The van der Waals surface area contributed by atoms with E-state index in [1.165, 1.54) is 24.3 Å². The van der Waals surface area contributed by atoms with Gasteiger partial charge in [-0.05, 0) is 66.6 Å². The van der Waals surface area contributed by atoms with Gasteiger partial charge in [0.15, 0.2) is 0 Å². The maximum absolute atomic E-state index is 13.5. The Morgan fingerprint density at radius 1 is 0.447 bits per heavy atom. The van der Waals surface area contributed by atoms with Crippen LogP contribution in [0.5, 0.6) is 46.0 Å². The Hall–Kier alpha value is -4.84. The average molecular weight is 511 g/mol. The number of rotatable bonds is 9. The summed E-state index contributed by atoms with van der Waals surface area (Å²) in [6.45, 7) is 2.04. The fourth-order valence-electron chi connectivity index (χ4n) is 3.78. The van der Waals surface area contributed by atoms with Gasteiger partial charge in [0.2, 0.25) is 0 Å². The second kappa shape index (κ2) is 11.5. The molecule has 0 saturated carbocycles. The van der Waals surface area contributed by atoms with Gasteiger partial charge in [0, 0.05) is 30.3 Å². The van der Waals surface area contributed by atoms with E-state index in [-0.39, 0.29) is 11.6 Å². The van der Waals surface area contributed by atoms with E-state index in [1.807, 2.05) is 31.2 Å². The Morgan fingerprint density at radius 3 is 1.29 bits per heavy atom. The summed E-state index contributed by atoms with van der Waals surface area (Å²) >= 11 is 0. The van der Waals surface area contributed by atoms with Gasteiger partial charge in [-0.1, -0.05) is 37.3 Å². The third-order valence-electron chi connectivity index (χ3n) is 5.56. The molecule has 0 bridgehead atoms. The normalized spacial score (nSPS) is 10.6. The molecule has 0 aliphatic rings. The Morgan fingerprint density at radius 2 is 0.842 bits per heavy atom. The molecule has 0 N–H and O–H groups in total. The van der Waals surface area contributed by atoms with Crippen LogP contribution in [0.2, 0.25) is 0 Å². The van der Waals surface area contributed by atoms with Gasteiger partial charge in [-0.15, -0.1) is 0 Å². The zero-order chi connectivity index (χ0) is 26.3. The molecule has 5 aromatic rings. The van der Waals surface area contributed by atoms with Crippen LogP contribution in [-0.4, -0.2) is 0 Å². The molecule has 0 saturated heterocycles. The van der Waals surface area contributed by atoms with E-state index in [0.29, 0.717) is 46.0 Å². The van der Waals surface area contributed by atoms with E-state index in [4.69, 9.17) is 18.9 Å². The molecule has 0 unspecified atom stereocenters. The van der Waals surface area contributed by atoms with Crippen molar-refractivity contribution < 1.29 is 27.7 Å². The standard InChI is InChI=1S/C32H24F2O4/c1-2-22-15-16-31(37-28-12-5-11-27(19-28)35-25-9-3-7-23(33)17-25)21-32(22)38-30-14-6-13-29(20-30)36-26-10-4-8-24(34)18-26/h3-21H,2H2,1H3. The number of benzene rings is 5. The van der Waals surface area contributed by atoms with Gasteiger partial charge in [-0.3, -0.25) is 0 Å². The fourth-order valence-corrected chi connectivity index (χ4v) is 3.78. The van der Waals surface area contributed by atoms with Crippen LogP contribution in [0.25, 0.3) is 0 Å². The number of aryl methyl sites for hydroxylation is 1. The predicted octanol–water partition coefficient (Wildman–Crippen LogP) is 9.70. The van der Waals surface area contributed by atoms with Crippen LogP contribution >= 0.6 is 0 Å². The molecule has 0 amide bonds. The molecule has 6 heteroatoms. The molecular formula is C32H24F2O4. The summed E-state index contributed by atoms with van der Waals surface area (Å²) in [6.07, 6.45) is 0.756. The lowest BCUT2D eigenvalue weighted by Gasteiger charge is -2.14. The van der Waals surface area contributed by atoms with Gasteiger partial charge in [0.1, 0.15) is 57.6 Å². The fraction of sp³-hybridized carbons (Fsp3) is 0.0625.